The number of nitrogens with one attached hydrogen (secondary N) is 1. The Hall–Kier alpha value is -1.40. The molecule has 6 heteroatoms. The lowest BCUT2D eigenvalue weighted by Gasteiger charge is -2.30. The van der Waals surface area contributed by atoms with Crippen LogP contribution in [0.1, 0.15) is 227 Å². The fraction of sp³-hybridized carbons (Fsp3) is 0.915. The lowest BCUT2D eigenvalue weighted by atomic mass is 9.86. The lowest BCUT2D eigenvalue weighted by molar-refractivity contribution is -0.149. The second kappa shape index (κ2) is 31.8. The number of hydrogen-bond acceptors (Lipinski definition) is 5. The predicted molar refractivity (Wildman–Crippen MR) is 225 cm³/mol. The molecule has 0 unspecified atom stereocenters. The van der Waals surface area contributed by atoms with Gasteiger partial charge in [0, 0.05) is 6.42 Å². The van der Waals surface area contributed by atoms with E-state index in [-0.39, 0.29) is 36.2 Å². The zero-order chi connectivity index (χ0) is 38.2. The fourth-order valence-corrected chi connectivity index (χ4v) is 8.57. The molecule has 2 rings (SSSR count). The Morgan fingerprint density at radius 3 is 1.74 bits per heavy atom. The molecule has 1 amide bonds. The van der Waals surface area contributed by atoms with Gasteiger partial charge < -0.3 is 14.8 Å². The molecule has 0 aromatic heterocycles. The zero-order valence-electron chi connectivity index (χ0n) is 35.7. The molecule has 0 bridgehead atoms. The normalized spacial score (nSPS) is 19.5. The summed E-state index contributed by atoms with van der Waals surface area (Å²) >= 11 is 0. The number of amides is 1. The minimum absolute atomic E-state index is 0.0668. The number of unbranched alkanes of at least 4 members (excludes halogenated alkanes) is 22. The van der Waals surface area contributed by atoms with E-state index in [9.17, 15) is 9.59 Å². The van der Waals surface area contributed by atoms with Crippen LogP contribution >= 0.6 is 0 Å². The molecule has 6 nitrogen and oxygen atoms in total. The molecule has 0 aromatic carbocycles. The lowest BCUT2D eigenvalue weighted by Crippen LogP contribution is -2.49. The number of carbonyl (C=O) groups is 2. The van der Waals surface area contributed by atoms with Crippen LogP contribution < -0.4 is 5.32 Å². The smallest absolute Gasteiger partial charge is 0.320 e. The van der Waals surface area contributed by atoms with Crippen LogP contribution in [-0.4, -0.2) is 60.8 Å². The van der Waals surface area contributed by atoms with Gasteiger partial charge in [-0.1, -0.05) is 161 Å². The Morgan fingerprint density at radius 2 is 1.19 bits per heavy atom. The number of esters is 1. The second-order valence-corrected chi connectivity index (χ2v) is 17.5. The summed E-state index contributed by atoms with van der Waals surface area (Å²) in [5, 5.41) is 3.32. The molecular weight excluding hydrogens is 657 g/mol. The summed E-state index contributed by atoms with van der Waals surface area (Å²) in [5.41, 5.74) is -0.239. The molecule has 310 valence electrons. The van der Waals surface area contributed by atoms with Crippen LogP contribution in [0, 0.1) is 5.92 Å². The standard InChI is InChI=1S/C47H88N2O4/c1-5-7-9-11-13-15-17-19-20-21-23-25-27-29-32-36-44(50)48-43(41-52-45(51)40-49-37-33-30-34-38-49)46-42(39-47(3,4)53-46)35-31-28-26-24-22-18-16-14-12-10-8-6-2/h19-20,42-43,46H,5-18,21-41H2,1-4H3,(H,48,50)/b20-19-/t42-,43-,46+/m0/s1. The predicted octanol–water partition coefficient (Wildman–Crippen LogP) is 12.8. The fourth-order valence-electron chi connectivity index (χ4n) is 8.57. The van der Waals surface area contributed by atoms with Gasteiger partial charge >= 0.3 is 5.97 Å². The van der Waals surface area contributed by atoms with Crippen molar-refractivity contribution in [3.63, 3.8) is 0 Å². The number of hydrogen-bond donors (Lipinski definition) is 1. The van der Waals surface area contributed by atoms with Crippen molar-refractivity contribution in [2.24, 2.45) is 5.92 Å². The van der Waals surface area contributed by atoms with E-state index in [2.05, 4.69) is 50.1 Å². The highest BCUT2D eigenvalue weighted by Gasteiger charge is 2.44. The highest BCUT2D eigenvalue weighted by molar-refractivity contribution is 5.76. The van der Waals surface area contributed by atoms with Crippen LogP contribution in [0.25, 0.3) is 0 Å². The first-order chi connectivity index (χ1) is 25.8. The average Bonchev–Trinajstić information content (AvgIpc) is 3.46. The highest BCUT2D eigenvalue weighted by Crippen LogP contribution is 2.39. The minimum Gasteiger partial charge on any atom is -0.462 e. The molecule has 2 aliphatic heterocycles. The number of ether oxygens (including phenoxy) is 2. The monoisotopic (exact) mass is 745 g/mol. The van der Waals surface area contributed by atoms with Crippen molar-refractivity contribution in [3.8, 4) is 0 Å². The topological polar surface area (TPSA) is 67.9 Å². The second-order valence-electron chi connectivity index (χ2n) is 17.5. The summed E-state index contributed by atoms with van der Waals surface area (Å²) in [5.74, 6) is 0.245. The summed E-state index contributed by atoms with van der Waals surface area (Å²) in [6.45, 7) is 11.4. The SMILES string of the molecule is CCCCCCCC/C=C\CCCCCCCC(=O)N[C@@H](COC(=O)CN1CCCCC1)[C@@H]1OC(C)(C)C[C@@H]1CCCCCCCCCCCCCC. The van der Waals surface area contributed by atoms with E-state index in [1.54, 1.807) is 0 Å². The number of nitrogens with zero attached hydrogens (tertiary/aromatic N) is 1. The highest BCUT2D eigenvalue weighted by atomic mass is 16.5. The molecule has 3 atom stereocenters. The van der Waals surface area contributed by atoms with Crippen LogP contribution in [0.2, 0.25) is 0 Å². The number of likely N-dealkylation sites (tertiary alicyclic amines) is 1. The van der Waals surface area contributed by atoms with Gasteiger partial charge in [-0.05, 0) is 90.6 Å². The van der Waals surface area contributed by atoms with Crippen molar-refractivity contribution in [1.29, 1.82) is 0 Å². The quantitative estimate of drug-likeness (QED) is 0.0404. The van der Waals surface area contributed by atoms with Gasteiger partial charge in [0.25, 0.3) is 0 Å². The summed E-state index contributed by atoms with van der Waals surface area (Å²) < 4.78 is 12.6. The first-order valence-electron chi connectivity index (χ1n) is 23.3. The van der Waals surface area contributed by atoms with Crippen molar-refractivity contribution < 1.29 is 19.1 Å². The Bertz CT molecular complexity index is 914. The summed E-state index contributed by atoms with van der Waals surface area (Å²) in [7, 11) is 0. The first kappa shape index (κ1) is 47.8. The summed E-state index contributed by atoms with van der Waals surface area (Å²) in [6.07, 6.45) is 43.2. The van der Waals surface area contributed by atoms with Gasteiger partial charge in [-0.3, -0.25) is 14.5 Å². The van der Waals surface area contributed by atoms with E-state index < -0.39 is 0 Å². The zero-order valence-corrected chi connectivity index (χ0v) is 35.7. The van der Waals surface area contributed by atoms with Crippen molar-refractivity contribution in [2.75, 3.05) is 26.2 Å². The van der Waals surface area contributed by atoms with Crippen molar-refractivity contribution in [3.05, 3.63) is 12.2 Å². The van der Waals surface area contributed by atoms with Gasteiger partial charge in [0.1, 0.15) is 6.61 Å². The van der Waals surface area contributed by atoms with Crippen molar-refractivity contribution in [1.82, 2.24) is 10.2 Å². The Kier molecular flexibility index (Phi) is 28.6. The molecule has 2 aliphatic rings. The molecule has 0 spiro atoms. The van der Waals surface area contributed by atoms with Crippen LogP contribution in [0.15, 0.2) is 12.2 Å². The van der Waals surface area contributed by atoms with Crippen LogP contribution in [0.4, 0.5) is 0 Å². The van der Waals surface area contributed by atoms with Crippen molar-refractivity contribution in [2.45, 2.75) is 244 Å². The Balaban J connectivity index is 1.75. The molecule has 2 heterocycles. The largest absolute Gasteiger partial charge is 0.462 e. The molecule has 2 fully saturated rings. The van der Waals surface area contributed by atoms with Crippen LogP contribution in [0.3, 0.4) is 0 Å². The number of allylic oxidation sites excluding steroid dienone is 2. The van der Waals surface area contributed by atoms with E-state index in [1.807, 2.05) is 0 Å². The molecule has 53 heavy (non-hydrogen) atoms. The van der Waals surface area contributed by atoms with Crippen molar-refractivity contribution >= 4 is 11.9 Å². The number of carbonyl (C=O) groups excluding carboxylic acids is 2. The molecule has 1 N–H and O–H groups in total. The summed E-state index contributed by atoms with van der Waals surface area (Å²) in [4.78, 5) is 28.5. The number of rotatable bonds is 34. The molecule has 0 aromatic rings. The molecule has 0 saturated carbocycles. The van der Waals surface area contributed by atoms with Gasteiger partial charge in [-0.2, -0.15) is 0 Å². The molecule has 0 aliphatic carbocycles. The summed E-state index contributed by atoms with van der Waals surface area (Å²) in [6, 6.07) is -0.306. The third-order valence-electron chi connectivity index (χ3n) is 11.7. The maximum atomic E-state index is 13.3. The van der Waals surface area contributed by atoms with E-state index >= 15 is 0 Å². The molecular formula is C47H88N2O4. The maximum Gasteiger partial charge on any atom is 0.320 e. The van der Waals surface area contributed by atoms with Gasteiger partial charge in [0.05, 0.1) is 24.3 Å². The van der Waals surface area contributed by atoms with E-state index in [0.29, 0.717) is 18.9 Å². The third kappa shape index (κ3) is 25.4. The van der Waals surface area contributed by atoms with E-state index in [4.69, 9.17) is 9.47 Å². The Labute approximate surface area is 329 Å². The van der Waals surface area contributed by atoms with Gasteiger partial charge in [-0.25, -0.2) is 0 Å². The maximum absolute atomic E-state index is 13.3. The average molecular weight is 745 g/mol. The molecule has 2 saturated heterocycles. The first-order valence-corrected chi connectivity index (χ1v) is 23.3. The molecule has 0 radical (unpaired) electrons. The van der Waals surface area contributed by atoms with Crippen LogP contribution in [0.5, 0.6) is 0 Å². The minimum atomic E-state index is -0.306. The van der Waals surface area contributed by atoms with Crippen LogP contribution in [-0.2, 0) is 19.1 Å². The van der Waals surface area contributed by atoms with E-state index in [0.717, 1.165) is 51.6 Å². The number of piperidine rings is 1. The Morgan fingerprint density at radius 1 is 0.698 bits per heavy atom. The van der Waals surface area contributed by atoms with Gasteiger partial charge in [-0.15, -0.1) is 0 Å². The van der Waals surface area contributed by atoms with Gasteiger partial charge in [0.2, 0.25) is 5.91 Å². The third-order valence-corrected chi connectivity index (χ3v) is 11.7. The van der Waals surface area contributed by atoms with E-state index in [1.165, 1.54) is 154 Å². The van der Waals surface area contributed by atoms with Gasteiger partial charge in [0.15, 0.2) is 0 Å².